The molecule has 1 aromatic carbocycles. The van der Waals surface area contributed by atoms with Gasteiger partial charge in [-0.2, -0.15) is 0 Å². The summed E-state index contributed by atoms with van der Waals surface area (Å²) in [6, 6.07) is 5.61. The van der Waals surface area contributed by atoms with Gasteiger partial charge in [0.2, 0.25) is 17.8 Å². The molecule has 38 heavy (non-hydrogen) atoms. The summed E-state index contributed by atoms with van der Waals surface area (Å²) < 4.78 is 5.88. The first-order valence-corrected chi connectivity index (χ1v) is 13.6. The topological polar surface area (TPSA) is 107 Å². The largest absolute Gasteiger partial charge is 0.494 e. The van der Waals surface area contributed by atoms with Crippen molar-refractivity contribution in [3.8, 4) is 5.75 Å². The van der Waals surface area contributed by atoms with Crippen LogP contribution in [0.15, 0.2) is 23.2 Å². The van der Waals surface area contributed by atoms with Crippen LogP contribution < -0.4 is 15.4 Å². The van der Waals surface area contributed by atoms with Crippen LogP contribution in [0.4, 0.5) is 10.5 Å². The average molecular weight is 529 g/mol. The minimum Gasteiger partial charge on any atom is -0.494 e. The number of nitrogens with one attached hydrogen (secondary N) is 2. The first kappa shape index (κ1) is 29.3. The molecular weight excluding hydrogens is 484 g/mol. The Kier molecular flexibility index (Phi) is 9.99. The van der Waals surface area contributed by atoms with Crippen molar-refractivity contribution in [2.75, 3.05) is 34.3 Å². The summed E-state index contributed by atoms with van der Waals surface area (Å²) in [6.07, 6.45) is 6.53. The van der Waals surface area contributed by atoms with Crippen LogP contribution in [0.25, 0.3) is 0 Å². The minimum atomic E-state index is -0.374. The third-order valence-corrected chi connectivity index (χ3v) is 6.75. The van der Waals surface area contributed by atoms with Gasteiger partial charge in [0, 0.05) is 51.3 Å². The van der Waals surface area contributed by atoms with Gasteiger partial charge in [-0.15, -0.1) is 0 Å². The van der Waals surface area contributed by atoms with Gasteiger partial charge < -0.3 is 24.8 Å². The Morgan fingerprint density at radius 1 is 1.11 bits per heavy atom. The Morgan fingerprint density at radius 2 is 1.82 bits per heavy atom. The van der Waals surface area contributed by atoms with Crippen LogP contribution in [-0.4, -0.2) is 84.4 Å². The third kappa shape index (κ3) is 8.63. The highest BCUT2D eigenvalue weighted by molar-refractivity contribution is 5.99. The maximum atomic E-state index is 13.1. The van der Waals surface area contributed by atoms with Crippen molar-refractivity contribution in [2.45, 2.75) is 83.8 Å². The Morgan fingerprint density at radius 3 is 2.47 bits per heavy atom. The number of urea groups is 1. The van der Waals surface area contributed by atoms with Crippen LogP contribution in [0, 0.1) is 0 Å². The van der Waals surface area contributed by atoms with Crippen molar-refractivity contribution in [3.05, 3.63) is 23.8 Å². The van der Waals surface area contributed by atoms with Gasteiger partial charge in [0.25, 0.3) is 0 Å². The van der Waals surface area contributed by atoms with Gasteiger partial charge in [0.15, 0.2) is 0 Å². The van der Waals surface area contributed by atoms with Gasteiger partial charge >= 0.3 is 6.03 Å². The maximum Gasteiger partial charge on any atom is 0.324 e. The van der Waals surface area contributed by atoms with E-state index in [9.17, 15) is 14.4 Å². The van der Waals surface area contributed by atoms with Crippen LogP contribution in [0.3, 0.4) is 0 Å². The number of fused-ring (bicyclic) bond motifs is 1. The number of hydrogen-bond donors (Lipinski definition) is 2. The molecule has 0 aromatic heterocycles. The van der Waals surface area contributed by atoms with Crippen LogP contribution in [0.1, 0.15) is 71.3 Å². The van der Waals surface area contributed by atoms with Gasteiger partial charge in [-0.3, -0.25) is 14.9 Å². The van der Waals surface area contributed by atoms with E-state index in [4.69, 9.17) is 9.73 Å². The summed E-state index contributed by atoms with van der Waals surface area (Å²) in [5.74, 6) is 0.965. The summed E-state index contributed by atoms with van der Waals surface area (Å²) in [4.78, 5) is 47.6. The average Bonchev–Trinajstić information content (AvgIpc) is 2.85. The zero-order valence-electron chi connectivity index (χ0n) is 23.8. The van der Waals surface area contributed by atoms with E-state index in [2.05, 4.69) is 10.6 Å². The second kappa shape index (κ2) is 13.0. The van der Waals surface area contributed by atoms with Crippen LogP contribution in [0.2, 0.25) is 0 Å². The molecule has 0 spiro atoms. The Labute approximate surface area is 226 Å². The zero-order chi connectivity index (χ0) is 27.9. The van der Waals surface area contributed by atoms with E-state index in [0.717, 1.165) is 36.9 Å². The quantitative estimate of drug-likeness (QED) is 0.501. The molecule has 4 amide bonds. The van der Waals surface area contributed by atoms with Crippen molar-refractivity contribution >= 4 is 29.5 Å². The van der Waals surface area contributed by atoms with Gasteiger partial charge in [0.05, 0.1) is 12.3 Å². The monoisotopic (exact) mass is 528 g/mol. The molecule has 1 aliphatic heterocycles. The molecule has 10 nitrogen and oxygen atoms in total. The summed E-state index contributed by atoms with van der Waals surface area (Å²) >= 11 is 0. The lowest BCUT2D eigenvalue weighted by atomic mass is 9.95. The predicted octanol–water partition coefficient (Wildman–Crippen LogP) is 3.63. The van der Waals surface area contributed by atoms with E-state index in [-0.39, 0.29) is 36.0 Å². The number of guanidine groups is 1. The van der Waals surface area contributed by atoms with Crippen LogP contribution in [0.5, 0.6) is 5.75 Å². The molecule has 1 aliphatic carbocycles. The third-order valence-electron chi connectivity index (χ3n) is 6.75. The normalized spacial score (nSPS) is 15.7. The molecule has 1 saturated carbocycles. The first-order valence-electron chi connectivity index (χ1n) is 13.6. The predicted molar refractivity (Wildman–Crippen MR) is 148 cm³/mol. The molecule has 0 radical (unpaired) electrons. The lowest BCUT2D eigenvalue weighted by Crippen LogP contribution is -2.54. The molecule has 0 bridgehead atoms. The highest BCUT2D eigenvalue weighted by Crippen LogP contribution is 2.30. The van der Waals surface area contributed by atoms with Gasteiger partial charge in [-0.1, -0.05) is 19.3 Å². The van der Waals surface area contributed by atoms with Crippen molar-refractivity contribution in [3.63, 3.8) is 0 Å². The molecule has 3 rings (SSSR count). The summed E-state index contributed by atoms with van der Waals surface area (Å²) in [5.41, 5.74) is 1.25. The summed E-state index contributed by atoms with van der Waals surface area (Å²) in [7, 11) is 5.31. The number of hydrogen-bond acceptors (Lipinski definition) is 6. The number of ether oxygens (including phenoxy) is 1. The summed E-state index contributed by atoms with van der Waals surface area (Å²) in [6.45, 7) is 6.68. The Bertz CT molecular complexity index is 1030. The number of aliphatic imine (C=N–C) groups is 1. The standard InChI is InChI=1S/C28H44N6O4/c1-28(2,3)31-24(35)19-34-18-20-17-22(38-16-10-13-25(36)32(4)5)14-15-23(20)29-26(34)30-27(37)33(6)21-11-8-7-9-12-21/h14-15,17,21H,7-13,16,18-19H2,1-6H3,(H,31,35)(H,29,30,37). The smallest absolute Gasteiger partial charge is 0.324 e. The molecule has 2 N–H and O–H groups in total. The number of carbonyl (C=O) groups excluding carboxylic acids is 3. The molecule has 1 fully saturated rings. The van der Waals surface area contributed by atoms with E-state index in [0.29, 0.717) is 37.7 Å². The lowest BCUT2D eigenvalue weighted by molar-refractivity contribution is -0.129. The van der Waals surface area contributed by atoms with Gasteiger partial charge in [-0.25, -0.2) is 9.79 Å². The van der Waals surface area contributed by atoms with E-state index >= 15 is 0 Å². The Hall–Kier alpha value is -3.30. The number of amides is 4. The second-order valence-electron chi connectivity index (χ2n) is 11.5. The molecule has 0 saturated heterocycles. The highest BCUT2D eigenvalue weighted by Gasteiger charge is 2.28. The molecular formula is C28H44N6O4. The van der Waals surface area contributed by atoms with E-state index in [1.807, 2.05) is 46.0 Å². The van der Waals surface area contributed by atoms with E-state index in [1.165, 1.54) is 6.42 Å². The number of nitrogens with zero attached hydrogens (tertiary/aromatic N) is 4. The highest BCUT2D eigenvalue weighted by atomic mass is 16.5. The van der Waals surface area contributed by atoms with Crippen LogP contribution in [-0.2, 0) is 16.1 Å². The number of rotatable bonds is 8. The van der Waals surface area contributed by atoms with E-state index in [1.54, 1.807) is 28.8 Å². The summed E-state index contributed by atoms with van der Waals surface area (Å²) in [5, 5.41) is 5.95. The lowest BCUT2D eigenvalue weighted by Gasteiger charge is -2.34. The second-order valence-corrected chi connectivity index (χ2v) is 11.5. The van der Waals surface area contributed by atoms with Crippen molar-refractivity contribution in [1.29, 1.82) is 0 Å². The Balaban J connectivity index is 1.73. The molecule has 0 unspecified atom stereocenters. The fourth-order valence-corrected chi connectivity index (χ4v) is 4.68. The molecule has 10 heteroatoms. The molecule has 1 heterocycles. The van der Waals surface area contributed by atoms with Crippen LogP contribution >= 0.6 is 0 Å². The molecule has 1 aromatic rings. The molecule has 2 aliphatic rings. The zero-order valence-corrected chi connectivity index (χ0v) is 23.8. The van der Waals surface area contributed by atoms with Crippen molar-refractivity contribution < 1.29 is 19.1 Å². The van der Waals surface area contributed by atoms with Crippen molar-refractivity contribution in [1.82, 2.24) is 25.3 Å². The number of benzene rings is 1. The molecule has 0 atom stereocenters. The van der Waals surface area contributed by atoms with E-state index < -0.39 is 0 Å². The molecule has 210 valence electrons. The number of carbonyl (C=O) groups is 3. The van der Waals surface area contributed by atoms with Crippen molar-refractivity contribution in [2.24, 2.45) is 4.99 Å². The van der Waals surface area contributed by atoms with Gasteiger partial charge in [0.1, 0.15) is 12.3 Å². The fraction of sp³-hybridized carbons (Fsp3) is 0.643. The van der Waals surface area contributed by atoms with Gasteiger partial charge in [-0.05, 0) is 58.2 Å². The SMILES string of the molecule is CN(C)C(=O)CCCOc1ccc2c(c1)CN(CC(=O)NC(C)(C)C)C(NC(=O)N(C)C1CCCCC1)=N2. The first-order chi connectivity index (χ1) is 17.9. The maximum absolute atomic E-state index is 13.1. The minimum absolute atomic E-state index is 0.0562. The fourth-order valence-electron chi connectivity index (χ4n) is 4.68.